The Hall–Kier alpha value is -3.16. The van der Waals surface area contributed by atoms with Crippen molar-refractivity contribution in [1.29, 1.82) is 0 Å². The molecule has 0 aromatic heterocycles. The molecule has 0 saturated carbocycles. The molecular formula is C28H29NO6. The molecule has 6 rings (SSSR count). The van der Waals surface area contributed by atoms with Gasteiger partial charge in [0.25, 0.3) is 0 Å². The SMILES string of the molecule is COC(=O)c1ccc(COC2C=C[C@H]3[C@H]4Cc5ccc(OC(C)=O)c6c5[C@@]3(CCN4C)C2O6)cc1. The Kier molecular flexibility index (Phi) is 5.23. The maximum Gasteiger partial charge on any atom is 0.337 e. The molecule has 0 radical (unpaired) electrons. The third kappa shape index (κ3) is 3.32. The molecule has 1 fully saturated rings. The van der Waals surface area contributed by atoms with E-state index in [1.54, 1.807) is 12.1 Å². The topological polar surface area (TPSA) is 74.3 Å². The van der Waals surface area contributed by atoms with E-state index in [0.29, 0.717) is 35.6 Å². The highest BCUT2D eigenvalue weighted by molar-refractivity contribution is 5.89. The van der Waals surface area contributed by atoms with Gasteiger partial charge in [0.15, 0.2) is 11.5 Å². The largest absolute Gasteiger partial charge is 0.482 e. The zero-order valence-electron chi connectivity index (χ0n) is 20.2. The number of hydrogen-bond donors (Lipinski definition) is 0. The van der Waals surface area contributed by atoms with Crippen molar-refractivity contribution in [2.45, 2.75) is 50.0 Å². The molecule has 4 aliphatic rings. The first-order valence-corrected chi connectivity index (χ1v) is 12.1. The van der Waals surface area contributed by atoms with Crippen LogP contribution < -0.4 is 9.47 Å². The van der Waals surface area contributed by atoms with Gasteiger partial charge in [-0.05, 0) is 55.8 Å². The molecule has 1 saturated heterocycles. The van der Waals surface area contributed by atoms with E-state index >= 15 is 0 Å². The summed E-state index contributed by atoms with van der Waals surface area (Å²) in [6.45, 7) is 2.79. The number of carbonyl (C=O) groups is 2. The summed E-state index contributed by atoms with van der Waals surface area (Å²) >= 11 is 0. The minimum Gasteiger partial charge on any atom is -0.482 e. The van der Waals surface area contributed by atoms with Crippen molar-refractivity contribution in [3.63, 3.8) is 0 Å². The van der Waals surface area contributed by atoms with E-state index < -0.39 is 0 Å². The highest BCUT2D eigenvalue weighted by Gasteiger charge is 2.64. The van der Waals surface area contributed by atoms with Crippen molar-refractivity contribution in [3.05, 3.63) is 70.8 Å². The third-order valence-electron chi connectivity index (χ3n) is 8.19. The van der Waals surface area contributed by atoms with Gasteiger partial charge in [-0.1, -0.05) is 30.4 Å². The van der Waals surface area contributed by atoms with E-state index in [-0.39, 0.29) is 29.6 Å². The summed E-state index contributed by atoms with van der Waals surface area (Å²) in [6, 6.07) is 11.6. The molecule has 2 aromatic carbocycles. The van der Waals surface area contributed by atoms with Gasteiger partial charge in [-0.3, -0.25) is 4.79 Å². The number of ether oxygens (including phenoxy) is 4. The van der Waals surface area contributed by atoms with Crippen LogP contribution in [0.15, 0.2) is 48.6 Å². The van der Waals surface area contributed by atoms with E-state index in [9.17, 15) is 9.59 Å². The molecule has 0 amide bonds. The molecule has 7 heteroatoms. The van der Waals surface area contributed by atoms with Gasteiger partial charge in [-0.2, -0.15) is 0 Å². The molecular weight excluding hydrogens is 446 g/mol. The first-order chi connectivity index (χ1) is 16.9. The van der Waals surface area contributed by atoms with E-state index in [2.05, 4.69) is 30.2 Å². The van der Waals surface area contributed by atoms with E-state index in [1.807, 2.05) is 18.2 Å². The average molecular weight is 476 g/mol. The zero-order chi connectivity index (χ0) is 24.3. The number of benzene rings is 2. The smallest absolute Gasteiger partial charge is 0.337 e. The molecule has 35 heavy (non-hydrogen) atoms. The number of likely N-dealkylation sites (N-methyl/N-ethyl adjacent to an activating group) is 1. The number of carbonyl (C=O) groups excluding carboxylic acids is 2. The van der Waals surface area contributed by atoms with Crippen LogP contribution in [0.5, 0.6) is 11.5 Å². The molecule has 2 unspecified atom stereocenters. The highest BCUT2D eigenvalue weighted by atomic mass is 16.6. The van der Waals surface area contributed by atoms with Crippen LogP contribution in [-0.4, -0.2) is 55.8 Å². The Morgan fingerprint density at radius 3 is 2.69 bits per heavy atom. The Balaban J connectivity index is 1.33. The summed E-state index contributed by atoms with van der Waals surface area (Å²) < 4.78 is 23.5. The van der Waals surface area contributed by atoms with Crippen molar-refractivity contribution < 1.29 is 28.5 Å². The lowest BCUT2D eigenvalue weighted by Gasteiger charge is -2.56. The van der Waals surface area contributed by atoms with Gasteiger partial charge >= 0.3 is 11.9 Å². The maximum atomic E-state index is 11.8. The Morgan fingerprint density at radius 1 is 1.14 bits per heavy atom. The van der Waals surface area contributed by atoms with Crippen LogP contribution in [0.1, 0.15) is 40.4 Å². The van der Waals surface area contributed by atoms with Crippen molar-refractivity contribution in [2.75, 3.05) is 20.7 Å². The Bertz CT molecular complexity index is 1220. The molecule has 2 aliphatic heterocycles. The molecule has 2 heterocycles. The van der Waals surface area contributed by atoms with Crippen LogP contribution in [-0.2, 0) is 32.7 Å². The quantitative estimate of drug-likeness (QED) is 0.373. The van der Waals surface area contributed by atoms with E-state index in [0.717, 1.165) is 24.9 Å². The fourth-order valence-corrected chi connectivity index (χ4v) is 6.63. The standard InChI is InChI=1S/C28H29NO6/c1-16(30)34-22-10-8-19-14-21-20-9-11-23(33-15-17-4-6-18(7-5-17)27(31)32-3)26-28(20,12-13-29(21)2)24(19)25(22)35-26/h4-11,20-21,23,26H,12-15H2,1-3H3/t20-,21+,23?,26?,28-/m0/s1. The maximum absolute atomic E-state index is 11.8. The second-order valence-corrected chi connectivity index (χ2v) is 9.98. The second kappa shape index (κ2) is 8.21. The molecule has 5 atom stereocenters. The summed E-state index contributed by atoms with van der Waals surface area (Å²) in [5, 5.41) is 0. The zero-order valence-corrected chi connectivity index (χ0v) is 20.2. The summed E-state index contributed by atoms with van der Waals surface area (Å²) in [7, 11) is 3.58. The summed E-state index contributed by atoms with van der Waals surface area (Å²) in [4.78, 5) is 26.0. The van der Waals surface area contributed by atoms with E-state index in [4.69, 9.17) is 18.9 Å². The number of esters is 2. The first-order valence-electron chi connectivity index (χ1n) is 12.1. The van der Waals surface area contributed by atoms with Crippen molar-refractivity contribution >= 4 is 11.9 Å². The van der Waals surface area contributed by atoms with Crippen molar-refractivity contribution in [1.82, 2.24) is 4.90 Å². The number of hydrogen-bond acceptors (Lipinski definition) is 7. The molecule has 0 N–H and O–H groups in total. The molecule has 2 bridgehead atoms. The molecule has 1 spiro atoms. The second-order valence-electron chi connectivity index (χ2n) is 9.98. The van der Waals surface area contributed by atoms with Crippen LogP contribution in [0.3, 0.4) is 0 Å². The number of piperidine rings is 1. The summed E-state index contributed by atoms with van der Waals surface area (Å²) in [5.41, 5.74) is 3.75. The third-order valence-corrected chi connectivity index (χ3v) is 8.19. The normalized spacial score (nSPS) is 29.8. The van der Waals surface area contributed by atoms with Gasteiger partial charge in [-0.25, -0.2) is 4.79 Å². The predicted octanol–water partition coefficient (Wildman–Crippen LogP) is 3.43. The first kappa shape index (κ1) is 22.3. The van der Waals surface area contributed by atoms with Crippen LogP contribution in [0.4, 0.5) is 0 Å². The molecule has 7 nitrogen and oxygen atoms in total. The fourth-order valence-electron chi connectivity index (χ4n) is 6.63. The van der Waals surface area contributed by atoms with E-state index in [1.165, 1.54) is 25.2 Å². The van der Waals surface area contributed by atoms with Gasteiger partial charge in [0.2, 0.25) is 0 Å². The lowest BCUT2D eigenvalue weighted by molar-refractivity contribution is -0.132. The average Bonchev–Trinajstić information content (AvgIpc) is 3.21. The minimum atomic E-state index is -0.358. The highest BCUT2D eigenvalue weighted by Crippen LogP contribution is 2.62. The van der Waals surface area contributed by atoms with Gasteiger partial charge < -0.3 is 23.8 Å². The lowest BCUT2D eigenvalue weighted by Crippen LogP contribution is -2.65. The van der Waals surface area contributed by atoms with Gasteiger partial charge in [0, 0.05) is 29.9 Å². The number of nitrogens with zero attached hydrogens (tertiary/aromatic N) is 1. The van der Waals surface area contributed by atoms with Gasteiger partial charge in [0.05, 0.1) is 19.3 Å². The minimum absolute atomic E-state index is 0.200. The number of methoxy groups -OCH3 is 1. The van der Waals surface area contributed by atoms with Crippen LogP contribution >= 0.6 is 0 Å². The number of rotatable bonds is 5. The number of likely N-dealkylation sites (tertiary alicyclic amines) is 1. The Morgan fingerprint density at radius 2 is 1.94 bits per heavy atom. The predicted molar refractivity (Wildman–Crippen MR) is 128 cm³/mol. The van der Waals surface area contributed by atoms with Gasteiger partial charge in [0.1, 0.15) is 12.2 Å². The van der Waals surface area contributed by atoms with Crippen LogP contribution in [0.25, 0.3) is 0 Å². The lowest BCUT2D eigenvalue weighted by atomic mass is 9.53. The van der Waals surface area contributed by atoms with Gasteiger partial charge in [-0.15, -0.1) is 0 Å². The fraction of sp³-hybridized carbons (Fsp3) is 0.429. The summed E-state index contributed by atoms with van der Waals surface area (Å²) in [6.07, 6.45) is 5.92. The van der Waals surface area contributed by atoms with Crippen molar-refractivity contribution in [2.24, 2.45) is 5.92 Å². The monoisotopic (exact) mass is 475 g/mol. The van der Waals surface area contributed by atoms with Crippen LogP contribution in [0, 0.1) is 5.92 Å². The molecule has 182 valence electrons. The van der Waals surface area contributed by atoms with Crippen molar-refractivity contribution in [3.8, 4) is 11.5 Å². The summed E-state index contributed by atoms with van der Waals surface area (Å²) in [5.74, 6) is 0.797. The van der Waals surface area contributed by atoms with Crippen LogP contribution in [0.2, 0.25) is 0 Å². The Labute approximate surface area is 204 Å². The molecule has 2 aromatic rings. The molecule has 2 aliphatic carbocycles.